The van der Waals surface area contributed by atoms with Crippen molar-refractivity contribution in [3.63, 3.8) is 0 Å². The van der Waals surface area contributed by atoms with Crippen LogP contribution in [0.15, 0.2) is 71.8 Å². The highest BCUT2D eigenvalue weighted by molar-refractivity contribution is 5.93. The number of carbonyl (C=O) groups excluding carboxylic acids is 1. The van der Waals surface area contributed by atoms with Crippen LogP contribution < -0.4 is 10.9 Å². The molecule has 2 aromatic heterocycles. The number of halogens is 1. The Hall–Kier alpha value is -3.74. The van der Waals surface area contributed by atoms with Crippen molar-refractivity contribution in [3.05, 3.63) is 94.3 Å². The van der Waals surface area contributed by atoms with Gasteiger partial charge in [-0.05, 0) is 55.3 Å². The second kappa shape index (κ2) is 8.32. The lowest BCUT2D eigenvalue weighted by molar-refractivity contribution is 0.0952. The van der Waals surface area contributed by atoms with E-state index in [-0.39, 0.29) is 17.3 Å². The largest absolute Gasteiger partial charge is 0.352 e. The molecule has 1 amide bonds. The lowest BCUT2D eigenvalue weighted by Gasteiger charge is -2.09. The molecule has 2 aromatic carbocycles. The Morgan fingerprint density at radius 2 is 1.90 bits per heavy atom. The Bertz CT molecular complexity index is 1260. The summed E-state index contributed by atoms with van der Waals surface area (Å²) < 4.78 is 16.4. The molecule has 0 spiro atoms. The fraction of sp³-hybridized carbons (Fsp3) is 0.174. The van der Waals surface area contributed by atoms with Gasteiger partial charge in [0.15, 0.2) is 0 Å². The Morgan fingerprint density at radius 3 is 2.70 bits per heavy atom. The molecule has 0 aliphatic rings. The quantitative estimate of drug-likeness (QED) is 0.501. The van der Waals surface area contributed by atoms with Gasteiger partial charge in [-0.25, -0.2) is 4.39 Å². The van der Waals surface area contributed by atoms with E-state index < -0.39 is 0 Å². The van der Waals surface area contributed by atoms with E-state index in [9.17, 15) is 14.0 Å². The number of aryl methyl sites for hydroxylation is 2. The van der Waals surface area contributed by atoms with Crippen molar-refractivity contribution >= 4 is 16.8 Å². The second-order valence-electron chi connectivity index (χ2n) is 7.09. The van der Waals surface area contributed by atoms with Gasteiger partial charge in [0.2, 0.25) is 0 Å². The average Bonchev–Trinajstić information content (AvgIpc) is 3.16. The monoisotopic (exact) mass is 404 g/mol. The molecule has 0 saturated heterocycles. The summed E-state index contributed by atoms with van der Waals surface area (Å²) in [5.41, 5.74) is 2.83. The van der Waals surface area contributed by atoms with Crippen molar-refractivity contribution in [2.24, 2.45) is 0 Å². The fourth-order valence-corrected chi connectivity index (χ4v) is 3.38. The molecule has 0 unspecified atom stereocenters. The van der Waals surface area contributed by atoms with E-state index in [1.807, 2.05) is 23.0 Å². The molecule has 30 heavy (non-hydrogen) atoms. The van der Waals surface area contributed by atoms with E-state index >= 15 is 0 Å². The zero-order valence-electron chi connectivity index (χ0n) is 16.5. The number of aromatic nitrogens is 3. The highest BCUT2D eigenvalue weighted by Gasteiger charge is 2.09. The van der Waals surface area contributed by atoms with Crippen molar-refractivity contribution in [1.82, 2.24) is 19.7 Å². The van der Waals surface area contributed by atoms with Crippen LogP contribution in [0.4, 0.5) is 4.39 Å². The topological polar surface area (TPSA) is 68.9 Å². The second-order valence-corrected chi connectivity index (χ2v) is 7.09. The van der Waals surface area contributed by atoms with Gasteiger partial charge in [-0.15, -0.1) is 0 Å². The predicted octanol–water partition coefficient (Wildman–Crippen LogP) is 3.45. The van der Waals surface area contributed by atoms with Crippen LogP contribution in [0.2, 0.25) is 0 Å². The van der Waals surface area contributed by atoms with E-state index in [4.69, 9.17) is 0 Å². The van der Waals surface area contributed by atoms with Gasteiger partial charge in [0.25, 0.3) is 11.5 Å². The van der Waals surface area contributed by atoms with Crippen molar-refractivity contribution in [1.29, 1.82) is 0 Å². The number of pyridine rings is 1. The molecule has 1 N–H and O–H groups in total. The van der Waals surface area contributed by atoms with Crippen molar-refractivity contribution in [2.75, 3.05) is 6.54 Å². The smallest absolute Gasteiger partial charge is 0.255 e. The molecule has 7 heteroatoms. The molecule has 0 atom stereocenters. The molecule has 152 valence electrons. The number of hydrogen-bond donors (Lipinski definition) is 1. The number of carbonyl (C=O) groups is 1. The lowest BCUT2D eigenvalue weighted by Crippen LogP contribution is -2.27. The molecule has 6 nitrogen and oxygen atoms in total. The molecule has 0 aliphatic heterocycles. The number of fused-ring (bicyclic) bond motifs is 1. The molecular weight excluding hydrogens is 383 g/mol. The number of hydrogen-bond acceptors (Lipinski definition) is 3. The first kappa shape index (κ1) is 19.6. The Labute approximate surface area is 172 Å². The molecule has 0 aliphatic carbocycles. The van der Waals surface area contributed by atoms with Crippen LogP contribution in [-0.2, 0) is 6.54 Å². The Balaban J connectivity index is 1.39. The minimum atomic E-state index is -0.388. The number of nitrogens with zero attached hydrogens (tertiary/aromatic N) is 3. The first-order valence-electron chi connectivity index (χ1n) is 9.71. The summed E-state index contributed by atoms with van der Waals surface area (Å²) >= 11 is 0. The predicted molar refractivity (Wildman–Crippen MR) is 113 cm³/mol. The van der Waals surface area contributed by atoms with Gasteiger partial charge >= 0.3 is 0 Å². The zero-order valence-corrected chi connectivity index (χ0v) is 16.5. The van der Waals surface area contributed by atoms with Crippen molar-refractivity contribution in [2.45, 2.75) is 19.9 Å². The average molecular weight is 404 g/mol. The zero-order chi connectivity index (χ0) is 21.1. The Kier molecular flexibility index (Phi) is 5.43. The van der Waals surface area contributed by atoms with Crippen LogP contribution in [-0.4, -0.2) is 26.8 Å². The fourth-order valence-electron chi connectivity index (χ4n) is 3.38. The van der Waals surface area contributed by atoms with Crippen LogP contribution in [0.5, 0.6) is 0 Å². The highest BCUT2D eigenvalue weighted by atomic mass is 19.1. The summed E-state index contributed by atoms with van der Waals surface area (Å²) in [6.45, 7) is 3.21. The van der Waals surface area contributed by atoms with Crippen LogP contribution in [0.25, 0.3) is 16.6 Å². The molecule has 0 radical (unpaired) electrons. The van der Waals surface area contributed by atoms with Gasteiger partial charge in [-0.2, -0.15) is 5.10 Å². The van der Waals surface area contributed by atoms with Gasteiger partial charge in [0.1, 0.15) is 5.82 Å². The summed E-state index contributed by atoms with van der Waals surface area (Å²) in [6, 6.07) is 14.4. The molecule has 0 saturated carbocycles. The summed E-state index contributed by atoms with van der Waals surface area (Å²) in [6.07, 6.45) is 4.05. The number of nitrogens with one attached hydrogen (secondary N) is 1. The van der Waals surface area contributed by atoms with Crippen molar-refractivity contribution in [3.8, 4) is 5.69 Å². The summed E-state index contributed by atoms with van der Waals surface area (Å²) in [7, 11) is 0. The van der Waals surface area contributed by atoms with Crippen molar-refractivity contribution < 1.29 is 9.18 Å². The lowest BCUT2D eigenvalue weighted by atomic mass is 10.1. The van der Waals surface area contributed by atoms with Gasteiger partial charge in [-0.1, -0.05) is 12.1 Å². The number of rotatable bonds is 6. The highest BCUT2D eigenvalue weighted by Crippen LogP contribution is 2.17. The van der Waals surface area contributed by atoms with Gasteiger partial charge in [-0.3, -0.25) is 18.8 Å². The molecule has 0 fully saturated rings. The molecule has 2 heterocycles. The van der Waals surface area contributed by atoms with E-state index in [1.54, 1.807) is 0 Å². The summed E-state index contributed by atoms with van der Waals surface area (Å²) in [4.78, 5) is 24.6. The maximum atomic E-state index is 13.1. The van der Waals surface area contributed by atoms with E-state index in [1.165, 1.54) is 52.7 Å². The summed E-state index contributed by atoms with van der Waals surface area (Å²) in [5, 5.41) is 8.43. The molecule has 4 aromatic rings. The van der Waals surface area contributed by atoms with Gasteiger partial charge in [0, 0.05) is 36.4 Å². The maximum Gasteiger partial charge on any atom is 0.255 e. The first-order chi connectivity index (χ1) is 14.5. The van der Waals surface area contributed by atoms with Gasteiger partial charge < -0.3 is 5.32 Å². The standard InChI is InChI=1S/C23H21FN4O2/c1-16-4-2-5-21-20(16)14-26-28(21)13-3-12-25-23(30)17-6-11-22(29)27(15-17)19-9-7-18(24)8-10-19/h2,4-11,14-15H,3,12-13H2,1H3,(H,25,30). The minimum absolute atomic E-state index is 0.271. The summed E-state index contributed by atoms with van der Waals surface area (Å²) in [5.74, 6) is -0.659. The minimum Gasteiger partial charge on any atom is -0.352 e. The van der Waals surface area contributed by atoms with Crippen LogP contribution in [0.3, 0.4) is 0 Å². The SMILES string of the molecule is Cc1cccc2c1cnn2CCCNC(=O)c1ccc(=O)n(-c2ccc(F)cc2)c1. The Morgan fingerprint density at radius 1 is 1.10 bits per heavy atom. The third-order valence-corrected chi connectivity index (χ3v) is 5.02. The molecular formula is C23H21FN4O2. The van der Waals surface area contributed by atoms with E-state index in [0.717, 1.165) is 10.9 Å². The van der Waals surface area contributed by atoms with E-state index in [0.29, 0.717) is 30.8 Å². The van der Waals surface area contributed by atoms with Crippen LogP contribution in [0.1, 0.15) is 22.3 Å². The van der Waals surface area contributed by atoms with E-state index in [2.05, 4.69) is 23.4 Å². The van der Waals surface area contributed by atoms with Crippen LogP contribution >= 0.6 is 0 Å². The first-order valence-corrected chi connectivity index (χ1v) is 9.71. The normalized spacial score (nSPS) is 11.0. The molecule has 4 rings (SSSR count). The molecule has 0 bridgehead atoms. The third-order valence-electron chi connectivity index (χ3n) is 5.02. The maximum absolute atomic E-state index is 13.1. The third kappa shape index (κ3) is 4.00. The van der Waals surface area contributed by atoms with Gasteiger partial charge in [0.05, 0.1) is 17.3 Å². The number of benzene rings is 2. The van der Waals surface area contributed by atoms with Crippen LogP contribution in [0, 0.1) is 12.7 Å². The number of amides is 1.